The Labute approximate surface area is 263 Å². The molecule has 0 aromatic carbocycles. The molecule has 2 fully saturated rings. The van der Waals surface area contributed by atoms with Gasteiger partial charge in [-0.05, 0) is 0 Å². The predicted molar refractivity (Wildman–Crippen MR) is 124 cm³/mol. The molecule has 3 atom stereocenters. The Hall–Kier alpha value is -0.430. The molecule has 18 heteroatoms. The van der Waals surface area contributed by atoms with E-state index >= 15 is 0 Å². The summed E-state index contributed by atoms with van der Waals surface area (Å²) in [5.74, 6) is -2.33. The van der Waals surface area contributed by atoms with Crippen LogP contribution in [0.1, 0.15) is 13.6 Å². The van der Waals surface area contributed by atoms with Gasteiger partial charge in [0.2, 0.25) is 11.8 Å². The summed E-state index contributed by atoms with van der Waals surface area (Å²) >= 11 is 4.83. The third-order valence-electron chi connectivity index (χ3n) is 5.05. The first-order valence-corrected chi connectivity index (χ1v) is 13.2. The van der Waals surface area contributed by atoms with E-state index < -0.39 is 23.4 Å². The van der Waals surface area contributed by atoms with Crippen molar-refractivity contribution in [2.45, 2.75) is 28.6 Å². The molecule has 35 heavy (non-hydrogen) atoms. The molecule has 4 heterocycles. The number of thioether (sulfide) groups is 2. The van der Waals surface area contributed by atoms with Gasteiger partial charge in [-0.25, -0.2) is 4.98 Å². The molecule has 2 amide bonds. The van der Waals surface area contributed by atoms with E-state index in [2.05, 4.69) is 20.5 Å². The number of fused-ring (bicyclic) bond motifs is 1. The Kier molecular flexibility index (Phi) is 11.3. The zero-order chi connectivity index (χ0) is 23.8. The molecular weight excluding hydrogens is 558 g/mol. The fraction of sp³-hybridized carbons (Fsp3) is 0.471. The molecule has 2 aliphatic rings. The number of rotatable bonds is 9. The van der Waals surface area contributed by atoms with Gasteiger partial charge >= 0.3 is 71.1 Å². The van der Waals surface area contributed by atoms with Gasteiger partial charge in [0.1, 0.15) is 21.8 Å². The second-order valence-corrected chi connectivity index (χ2v) is 11.8. The number of nitrogen functional groups attached to an aromatic ring is 1. The van der Waals surface area contributed by atoms with Gasteiger partial charge in [-0.2, -0.15) is 0 Å². The average Bonchev–Trinajstić information content (AvgIpc) is 3.38. The first kappa shape index (κ1) is 30.8. The van der Waals surface area contributed by atoms with Gasteiger partial charge in [-0.3, -0.25) is 19.2 Å². The second kappa shape index (κ2) is 12.9. The fourth-order valence-electron chi connectivity index (χ4n) is 3.40. The number of hydrogen-bond donors (Lipinski definition) is 4. The summed E-state index contributed by atoms with van der Waals surface area (Å²) in [4.78, 5) is 53.4. The van der Waals surface area contributed by atoms with Crippen molar-refractivity contribution in [1.82, 2.24) is 25.4 Å². The molecule has 0 saturated carbocycles. The molecule has 2 unspecified atom stereocenters. The van der Waals surface area contributed by atoms with Gasteiger partial charge in [0, 0.05) is 23.4 Å². The number of aromatic nitrogens is 3. The van der Waals surface area contributed by atoms with Crippen molar-refractivity contribution in [3.63, 3.8) is 0 Å². The molecular formula is C17H20N6Na2O6S4. The first-order chi connectivity index (χ1) is 15.7. The maximum absolute atomic E-state index is 12.7. The van der Waals surface area contributed by atoms with Crippen molar-refractivity contribution in [3.8, 4) is 0 Å². The van der Waals surface area contributed by atoms with Crippen molar-refractivity contribution in [2.75, 3.05) is 23.8 Å². The maximum atomic E-state index is 12.7. The molecule has 2 aromatic rings. The number of thiazole rings is 1. The molecule has 5 N–H and O–H groups in total. The van der Waals surface area contributed by atoms with E-state index in [-0.39, 0.29) is 110 Å². The number of carbonyl (C=O) groups excluding carboxylic acids is 2. The molecule has 2 aliphatic heterocycles. The van der Waals surface area contributed by atoms with Gasteiger partial charge in [-0.1, -0.05) is 23.1 Å². The van der Waals surface area contributed by atoms with Gasteiger partial charge in [0.15, 0.2) is 9.47 Å². The second-order valence-electron chi connectivity index (χ2n) is 7.47. The van der Waals surface area contributed by atoms with Crippen molar-refractivity contribution in [2.24, 2.45) is 5.41 Å². The molecule has 0 radical (unpaired) electrons. The monoisotopic (exact) mass is 578 g/mol. The molecule has 180 valence electrons. The summed E-state index contributed by atoms with van der Waals surface area (Å²) in [6.45, 7) is 0.0155. The first-order valence-electron chi connectivity index (χ1n) is 9.48. The number of nitrogens with zero attached hydrogens (tertiary/aromatic N) is 4. The Morgan fingerprint density at radius 1 is 1.29 bits per heavy atom. The van der Waals surface area contributed by atoms with E-state index in [1.807, 2.05) is 0 Å². The SMILES string of the molecule is Nc1nc(CC(=O)NC2C(=O)N3CC(CSc4nnc(CC(=O)O)s4)(C(=O)O)CS[C@H]23)cs1.[H-].[H-].[Na+].[Na+]. The summed E-state index contributed by atoms with van der Waals surface area (Å²) in [5, 5.41) is 31.2. The minimum atomic E-state index is -1.20. The van der Waals surface area contributed by atoms with Gasteiger partial charge < -0.3 is 29.0 Å². The minimum Gasteiger partial charge on any atom is -1.00 e. The standard InChI is InChI=1S/C17H18N6O6S4.2Na.2H/c18-15-19-7(3-30-15)1-8(24)20-11-12(27)23-4-17(14(28)29,5-31-13(11)23)6-32-16-22-21-9(33-16)2-10(25)26;;;;/h3,11,13H,1-2,4-6H2,(H2,18,19)(H,20,24)(H,25,26)(H,28,29);;;;/q;2*+1;2*-1/t11?,13-,17?;;;;/m1..../s1. The van der Waals surface area contributed by atoms with Crippen molar-refractivity contribution >= 4 is 75.1 Å². The Balaban J connectivity index is 0.00000324. The number of hydrogen-bond acceptors (Lipinski definition) is 12. The van der Waals surface area contributed by atoms with Crippen LogP contribution < -0.4 is 70.2 Å². The van der Waals surface area contributed by atoms with Gasteiger partial charge in [0.25, 0.3) is 0 Å². The average molecular weight is 579 g/mol. The number of carbonyl (C=O) groups is 4. The van der Waals surface area contributed by atoms with E-state index in [4.69, 9.17) is 10.8 Å². The van der Waals surface area contributed by atoms with Crippen molar-refractivity contribution < 1.29 is 91.4 Å². The maximum Gasteiger partial charge on any atom is 1.00 e. The summed E-state index contributed by atoms with van der Waals surface area (Å²) in [5.41, 5.74) is 4.89. The van der Waals surface area contributed by atoms with Gasteiger partial charge in [-0.15, -0.1) is 33.3 Å². The number of carboxylic acid groups (broad SMARTS) is 2. The van der Waals surface area contributed by atoms with Crippen LogP contribution in [0, 0.1) is 5.41 Å². The van der Waals surface area contributed by atoms with E-state index in [1.54, 1.807) is 5.38 Å². The number of nitrogens with two attached hydrogens (primary N) is 1. The number of nitrogens with one attached hydrogen (secondary N) is 1. The number of anilines is 1. The largest absolute Gasteiger partial charge is 1.00 e. The van der Waals surface area contributed by atoms with Crippen LogP contribution >= 0.6 is 46.2 Å². The zero-order valence-corrected chi connectivity index (χ0v) is 26.1. The van der Waals surface area contributed by atoms with E-state index in [0.717, 1.165) is 11.3 Å². The van der Waals surface area contributed by atoms with E-state index in [9.17, 15) is 24.3 Å². The van der Waals surface area contributed by atoms with Crippen LogP contribution in [0.4, 0.5) is 5.13 Å². The molecule has 2 aromatic heterocycles. The Bertz CT molecular complexity index is 1130. The summed E-state index contributed by atoms with van der Waals surface area (Å²) in [6, 6.07) is -0.709. The fourth-order valence-corrected chi connectivity index (χ4v) is 7.71. The topological polar surface area (TPSA) is 189 Å². The van der Waals surface area contributed by atoms with E-state index in [1.165, 1.54) is 39.8 Å². The number of β-lactam (4-membered cyclic amide) rings is 1. The third-order valence-corrected chi connectivity index (χ3v) is 9.71. The summed E-state index contributed by atoms with van der Waals surface area (Å²) in [6.07, 6.45) is -0.235. The Morgan fingerprint density at radius 3 is 2.66 bits per heavy atom. The van der Waals surface area contributed by atoms with Crippen LogP contribution in [0.25, 0.3) is 0 Å². The predicted octanol–water partition coefficient (Wildman–Crippen LogP) is -5.76. The van der Waals surface area contributed by atoms with Crippen LogP contribution in [0.2, 0.25) is 0 Å². The molecule has 0 bridgehead atoms. The number of amides is 2. The molecule has 0 spiro atoms. The molecule has 4 rings (SSSR count). The summed E-state index contributed by atoms with van der Waals surface area (Å²) < 4.78 is 0.474. The normalized spacial score (nSPS) is 22.7. The smallest absolute Gasteiger partial charge is 1.00 e. The molecule has 2 saturated heterocycles. The number of carboxylic acids is 2. The molecule has 12 nitrogen and oxygen atoms in total. The Morgan fingerprint density at radius 2 is 2.03 bits per heavy atom. The van der Waals surface area contributed by atoms with Crippen molar-refractivity contribution in [3.05, 3.63) is 16.1 Å². The van der Waals surface area contributed by atoms with Crippen LogP contribution in [-0.4, -0.2) is 83.5 Å². The van der Waals surface area contributed by atoms with Crippen LogP contribution in [-0.2, 0) is 32.0 Å². The third kappa shape index (κ3) is 7.12. The zero-order valence-electron chi connectivity index (χ0n) is 20.8. The van der Waals surface area contributed by atoms with E-state index in [0.29, 0.717) is 20.2 Å². The van der Waals surface area contributed by atoms with Crippen LogP contribution in [0.3, 0.4) is 0 Å². The molecule has 0 aliphatic carbocycles. The summed E-state index contributed by atoms with van der Waals surface area (Å²) in [7, 11) is 0. The van der Waals surface area contributed by atoms with Crippen LogP contribution in [0.15, 0.2) is 9.72 Å². The number of aliphatic carboxylic acids is 2. The minimum absolute atomic E-state index is 0. The quantitative estimate of drug-likeness (QED) is 0.126. The van der Waals surface area contributed by atoms with Gasteiger partial charge in [0.05, 0.1) is 18.5 Å². The van der Waals surface area contributed by atoms with Crippen molar-refractivity contribution in [1.29, 1.82) is 0 Å². The van der Waals surface area contributed by atoms with Crippen LogP contribution in [0.5, 0.6) is 0 Å².